The average Bonchev–Trinajstić information content (AvgIpc) is 2.59. The normalized spacial score (nSPS) is 24.8. The van der Waals surface area contributed by atoms with Crippen LogP contribution in [0.25, 0.3) is 5.57 Å². The van der Waals surface area contributed by atoms with E-state index in [1.165, 1.54) is 49.7 Å². The molecule has 1 nitrogen and oxygen atoms in total. The van der Waals surface area contributed by atoms with Crippen LogP contribution < -0.4 is 0 Å². The summed E-state index contributed by atoms with van der Waals surface area (Å²) < 4.78 is 6.23. The van der Waals surface area contributed by atoms with E-state index in [1.807, 2.05) is 6.26 Å². The second-order valence-corrected chi connectivity index (χ2v) is 8.76. The van der Waals surface area contributed by atoms with Crippen LogP contribution in [0.1, 0.15) is 85.1 Å². The third-order valence-electron chi connectivity index (χ3n) is 6.25. The summed E-state index contributed by atoms with van der Waals surface area (Å²) >= 11 is 0. The van der Waals surface area contributed by atoms with E-state index in [-0.39, 0.29) is 0 Å². The largest absolute Gasteiger partial charge is 0.498 e. The van der Waals surface area contributed by atoms with Gasteiger partial charge in [0.25, 0.3) is 0 Å². The smallest absolute Gasteiger partial charge is 0.0978 e. The molecular weight excluding hydrogens is 304 g/mol. The first kappa shape index (κ1) is 20.1. The Morgan fingerprint density at radius 1 is 1.24 bits per heavy atom. The van der Waals surface area contributed by atoms with E-state index in [1.54, 1.807) is 0 Å². The fourth-order valence-electron chi connectivity index (χ4n) is 4.65. The van der Waals surface area contributed by atoms with Crippen LogP contribution in [0.15, 0.2) is 36.6 Å². The maximum Gasteiger partial charge on any atom is 0.0978 e. The Hall–Kier alpha value is -1.24. The van der Waals surface area contributed by atoms with Gasteiger partial charge in [-0.25, -0.2) is 0 Å². The van der Waals surface area contributed by atoms with Crippen LogP contribution in [0.3, 0.4) is 0 Å². The molecule has 0 amide bonds. The van der Waals surface area contributed by atoms with Crippen molar-refractivity contribution in [3.05, 3.63) is 42.2 Å². The summed E-state index contributed by atoms with van der Waals surface area (Å²) in [6.45, 7) is 11.8. The highest BCUT2D eigenvalue weighted by Crippen LogP contribution is 2.46. The minimum absolute atomic E-state index is 0.355. The maximum absolute atomic E-state index is 6.23. The van der Waals surface area contributed by atoms with Crippen LogP contribution >= 0.6 is 0 Å². The van der Waals surface area contributed by atoms with Gasteiger partial charge in [-0.15, -0.1) is 0 Å². The van der Waals surface area contributed by atoms with Crippen molar-refractivity contribution in [1.29, 1.82) is 0 Å². The predicted molar refractivity (Wildman–Crippen MR) is 109 cm³/mol. The Labute approximate surface area is 155 Å². The Morgan fingerprint density at radius 2 is 1.96 bits per heavy atom. The third-order valence-corrected chi connectivity index (χ3v) is 6.25. The summed E-state index contributed by atoms with van der Waals surface area (Å²) in [7, 11) is 0. The first-order chi connectivity index (χ1) is 11.9. The van der Waals surface area contributed by atoms with Crippen LogP contribution in [-0.2, 0) is 4.74 Å². The summed E-state index contributed by atoms with van der Waals surface area (Å²) in [5.41, 5.74) is 2.96. The van der Waals surface area contributed by atoms with Crippen molar-refractivity contribution in [2.75, 3.05) is 0 Å². The molecule has 0 aliphatic heterocycles. The highest BCUT2D eigenvalue weighted by Gasteiger charge is 2.36. The molecule has 0 saturated heterocycles. The fraction of sp³-hybridized carbons (Fsp3) is 0.667. The van der Waals surface area contributed by atoms with Crippen LogP contribution in [0.2, 0.25) is 0 Å². The van der Waals surface area contributed by atoms with E-state index in [2.05, 4.69) is 65.0 Å². The van der Waals surface area contributed by atoms with Gasteiger partial charge in [-0.2, -0.15) is 0 Å². The van der Waals surface area contributed by atoms with Gasteiger partial charge in [0.1, 0.15) is 0 Å². The summed E-state index contributed by atoms with van der Waals surface area (Å²) in [4.78, 5) is 0. The zero-order valence-corrected chi connectivity index (χ0v) is 17.1. The van der Waals surface area contributed by atoms with Gasteiger partial charge in [-0.3, -0.25) is 0 Å². The van der Waals surface area contributed by atoms with Crippen LogP contribution in [0.4, 0.5) is 0 Å². The molecule has 0 heterocycles. The van der Waals surface area contributed by atoms with Gasteiger partial charge < -0.3 is 4.74 Å². The molecule has 1 aromatic carbocycles. The topological polar surface area (TPSA) is 9.23 Å². The number of hydrogen-bond acceptors (Lipinski definition) is 1. The molecule has 0 aromatic heterocycles. The zero-order chi connectivity index (χ0) is 18.3. The van der Waals surface area contributed by atoms with Gasteiger partial charge in [0.2, 0.25) is 0 Å². The molecule has 0 N–H and O–H groups in total. The molecular formula is C24H38O. The highest BCUT2D eigenvalue weighted by molar-refractivity contribution is 5.62. The maximum atomic E-state index is 6.23. The number of allylic oxidation sites excluding steroid dienone is 1. The number of rotatable bonds is 8. The second kappa shape index (κ2) is 9.46. The first-order valence-corrected chi connectivity index (χ1v) is 10.3. The molecule has 25 heavy (non-hydrogen) atoms. The standard InChI is InChI=1S/C24H38O/c1-6-11-22(25-18-20(3)21-13-8-7-9-14-21)15-16-23-19(2)12-10-17-24(23,4)5/h7-9,13-14,18-19,22-23H,6,10-12,15-17H2,1-5H3/b20-18+/t19-,22?,23+/m0/s1. The minimum atomic E-state index is 0.355. The van der Waals surface area contributed by atoms with Crippen molar-refractivity contribution in [2.45, 2.75) is 85.7 Å². The molecule has 140 valence electrons. The molecule has 1 saturated carbocycles. The summed E-state index contributed by atoms with van der Waals surface area (Å²) in [6.07, 6.45) is 11.4. The average molecular weight is 343 g/mol. The monoisotopic (exact) mass is 342 g/mol. The van der Waals surface area contributed by atoms with Crippen molar-refractivity contribution in [3.63, 3.8) is 0 Å². The van der Waals surface area contributed by atoms with E-state index in [9.17, 15) is 0 Å². The van der Waals surface area contributed by atoms with Crippen LogP contribution in [0.5, 0.6) is 0 Å². The fourth-order valence-corrected chi connectivity index (χ4v) is 4.65. The highest BCUT2D eigenvalue weighted by atomic mass is 16.5. The van der Waals surface area contributed by atoms with E-state index < -0.39 is 0 Å². The van der Waals surface area contributed by atoms with Crippen molar-refractivity contribution < 1.29 is 4.74 Å². The Morgan fingerprint density at radius 3 is 2.60 bits per heavy atom. The van der Waals surface area contributed by atoms with Crippen molar-refractivity contribution >= 4 is 5.57 Å². The van der Waals surface area contributed by atoms with E-state index in [4.69, 9.17) is 4.74 Å². The lowest BCUT2D eigenvalue weighted by Gasteiger charge is -2.43. The molecule has 0 radical (unpaired) electrons. The van der Waals surface area contributed by atoms with Crippen LogP contribution in [-0.4, -0.2) is 6.10 Å². The van der Waals surface area contributed by atoms with Gasteiger partial charge in [0.05, 0.1) is 12.4 Å². The van der Waals surface area contributed by atoms with E-state index in [0.29, 0.717) is 11.5 Å². The number of ether oxygens (including phenoxy) is 1. The van der Waals surface area contributed by atoms with Gasteiger partial charge in [-0.05, 0) is 61.0 Å². The van der Waals surface area contributed by atoms with Crippen molar-refractivity contribution in [2.24, 2.45) is 17.3 Å². The lowest BCUT2D eigenvalue weighted by molar-refractivity contribution is 0.0516. The third kappa shape index (κ3) is 5.90. The van der Waals surface area contributed by atoms with E-state index >= 15 is 0 Å². The molecule has 1 fully saturated rings. The van der Waals surface area contributed by atoms with Crippen molar-refractivity contribution in [3.8, 4) is 0 Å². The number of hydrogen-bond donors (Lipinski definition) is 0. The molecule has 1 aromatic rings. The molecule has 3 atom stereocenters. The molecule has 1 aliphatic rings. The molecule has 0 bridgehead atoms. The minimum Gasteiger partial charge on any atom is -0.498 e. The van der Waals surface area contributed by atoms with Gasteiger partial charge in [0.15, 0.2) is 0 Å². The summed E-state index contributed by atoms with van der Waals surface area (Å²) in [6, 6.07) is 10.5. The Kier molecular flexibility index (Phi) is 7.59. The van der Waals surface area contributed by atoms with Gasteiger partial charge in [0, 0.05) is 0 Å². The molecule has 1 heteroatoms. The zero-order valence-electron chi connectivity index (χ0n) is 17.1. The van der Waals surface area contributed by atoms with E-state index in [0.717, 1.165) is 18.3 Å². The molecule has 2 rings (SSSR count). The molecule has 1 unspecified atom stereocenters. The lowest BCUT2D eigenvalue weighted by atomic mass is 9.62. The Bertz CT molecular complexity index is 528. The summed E-state index contributed by atoms with van der Waals surface area (Å²) in [5, 5.41) is 0. The second-order valence-electron chi connectivity index (χ2n) is 8.76. The lowest BCUT2D eigenvalue weighted by Crippen LogP contribution is -2.34. The van der Waals surface area contributed by atoms with Gasteiger partial charge in [-0.1, -0.05) is 77.3 Å². The SMILES string of the molecule is CCCC(CC[C@@H]1[C@@H](C)CCCC1(C)C)O/C=C(\C)c1ccccc1. The first-order valence-electron chi connectivity index (χ1n) is 10.3. The van der Waals surface area contributed by atoms with Gasteiger partial charge >= 0.3 is 0 Å². The molecule has 1 aliphatic carbocycles. The Balaban J connectivity index is 1.94. The molecule has 0 spiro atoms. The van der Waals surface area contributed by atoms with Crippen LogP contribution in [0, 0.1) is 17.3 Å². The quantitative estimate of drug-likeness (QED) is 0.445. The number of benzene rings is 1. The van der Waals surface area contributed by atoms with Crippen molar-refractivity contribution in [1.82, 2.24) is 0 Å². The summed E-state index contributed by atoms with van der Waals surface area (Å²) in [5.74, 6) is 1.69. The predicted octanol–water partition coefficient (Wildman–Crippen LogP) is 7.48.